The highest BCUT2D eigenvalue weighted by Crippen LogP contribution is 2.20. The molecule has 6 nitrogen and oxygen atoms in total. The lowest BCUT2D eigenvalue weighted by Gasteiger charge is -2.11. The van der Waals surface area contributed by atoms with Gasteiger partial charge in [0.2, 0.25) is 11.8 Å². The van der Waals surface area contributed by atoms with Crippen molar-refractivity contribution in [3.8, 4) is 0 Å². The lowest BCUT2D eigenvalue weighted by atomic mass is 10.2. The summed E-state index contributed by atoms with van der Waals surface area (Å²) in [5.74, 6) is 0.694. The van der Waals surface area contributed by atoms with Crippen LogP contribution < -0.4 is 10.6 Å². The lowest BCUT2D eigenvalue weighted by Crippen LogP contribution is -2.25. The van der Waals surface area contributed by atoms with Crippen LogP contribution in [0.5, 0.6) is 0 Å². The van der Waals surface area contributed by atoms with E-state index in [-0.39, 0.29) is 17.6 Å². The van der Waals surface area contributed by atoms with Gasteiger partial charge in [0.1, 0.15) is 5.76 Å². The molecule has 0 saturated heterocycles. The van der Waals surface area contributed by atoms with E-state index in [1.807, 2.05) is 13.0 Å². The SMILES string of the molecule is Cc1cc(NC(=O)C(C)SCC(=O)Nc2ccc(C)c(Cl)c2)no1. The van der Waals surface area contributed by atoms with Gasteiger partial charge in [-0.15, -0.1) is 11.8 Å². The van der Waals surface area contributed by atoms with Crippen LogP contribution in [0.3, 0.4) is 0 Å². The first-order valence-electron chi connectivity index (χ1n) is 7.27. The molecule has 2 N–H and O–H groups in total. The number of carbonyl (C=O) groups excluding carboxylic acids is 2. The van der Waals surface area contributed by atoms with Gasteiger partial charge in [0.25, 0.3) is 0 Å². The zero-order valence-electron chi connectivity index (χ0n) is 13.6. The molecule has 0 radical (unpaired) electrons. The largest absolute Gasteiger partial charge is 0.360 e. The third-order valence-corrected chi connectivity index (χ3v) is 4.72. The van der Waals surface area contributed by atoms with Crippen LogP contribution in [0, 0.1) is 13.8 Å². The van der Waals surface area contributed by atoms with Crippen molar-refractivity contribution in [2.45, 2.75) is 26.0 Å². The van der Waals surface area contributed by atoms with Crippen molar-refractivity contribution in [3.05, 3.63) is 40.6 Å². The van der Waals surface area contributed by atoms with Crippen LogP contribution in [0.15, 0.2) is 28.8 Å². The quantitative estimate of drug-likeness (QED) is 0.814. The summed E-state index contributed by atoms with van der Waals surface area (Å²) in [7, 11) is 0. The third kappa shape index (κ3) is 5.28. The average molecular weight is 368 g/mol. The van der Waals surface area contributed by atoms with E-state index in [0.717, 1.165) is 5.56 Å². The van der Waals surface area contributed by atoms with E-state index >= 15 is 0 Å². The highest BCUT2D eigenvalue weighted by molar-refractivity contribution is 8.01. The van der Waals surface area contributed by atoms with Crippen molar-refractivity contribution in [2.75, 3.05) is 16.4 Å². The Kier molecular flexibility index (Phi) is 6.28. The number of benzene rings is 1. The lowest BCUT2D eigenvalue weighted by molar-refractivity contribution is -0.115. The molecule has 2 aromatic rings. The number of anilines is 2. The minimum atomic E-state index is -0.408. The molecule has 24 heavy (non-hydrogen) atoms. The number of hydrogen-bond acceptors (Lipinski definition) is 5. The number of carbonyl (C=O) groups is 2. The molecule has 0 spiro atoms. The topological polar surface area (TPSA) is 84.2 Å². The van der Waals surface area contributed by atoms with Crippen molar-refractivity contribution in [3.63, 3.8) is 0 Å². The summed E-state index contributed by atoms with van der Waals surface area (Å²) in [6.07, 6.45) is 0. The van der Waals surface area contributed by atoms with Gasteiger partial charge in [-0.2, -0.15) is 0 Å². The van der Waals surface area contributed by atoms with Gasteiger partial charge in [-0.05, 0) is 38.5 Å². The van der Waals surface area contributed by atoms with E-state index in [9.17, 15) is 9.59 Å². The second-order valence-corrected chi connectivity index (χ2v) is 7.01. The Hall–Kier alpha value is -1.99. The Labute approximate surface area is 149 Å². The maximum absolute atomic E-state index is 12.0. The van der Waals surface area contributed by atoms with Crippen LogP contribution in [0.4, 0.5) is 11.5 Å². The molecule has 8 heteroatoms. The van der Waals surface area contributed by atoms with E-state index in [0.29, 0.717) is 22.3 Å². The molecule has 0 aliphatic carbocycles. The molecule has 2 rings (SSSR count). The van der Waals surface area contributed by atoms with E-state index in [1.165, 1.54) is 11.8 Å². The van der Waals surface area contributed by atoms with E-state index in [1.54, 1.807) is 32.0 Å². The summed E-state index contributed by atoms with van der Waals surface area (Å²) >= 11 is 7.25. The molecule has 1 atom stereocenters. The summed E-state index contributed by atoms with van der Waals surface area (Å²) in [5.41, 5.74) is 1.57. The van der Waals surface area contributed by atoms with Gasteiger partial charge >= 0.3 is 0 Å². The fourth-order valence-electron chi connectivity index (χ4n) is 1.80. The van der Waals surface area contributed by atoms with Gasteiger partial charge in [-0.25, -0.2) is 0 Å². The number of aryl methyl sites for hydroxylation is 2. The van der Waals surface area contributed by atoms with Gasteiger partial charge < -0.3 is 15.2 Å². The predicted octanol–water partition coefficient (Wildman–Crippen LogP) is 3.64. The Balaban J connectivity index is 1.79. The van der Waals surface area contributed by atoms with Crippen molar-refractivity contribution in [1.82, 2.24) is 5.16 Å². The monoisotopic (exact) mass is 367 g/mol. The molecular weight excluding hydrogens is 350 g/mol. The fraction of sp³-hybridized carbons (Fsp3) is 0.312. The smallest absolute Gasteiger partial charge is 0.238 e. The number of hydrogen-bond donors (Lipinski definition) is 2. The van der Waals surface area contributed by atoms with Gasteiger partial charge in [0.15, 0.2) is 5.82 Å². The first-order valence-corrected chi connectivity index (χ1v) is 8.69. The maximum atomic E-state index is 12.0. The second kappa shape index (κ2) is 8.21. The fourth-order valence-corrected chi connectivity index (χ4v) is 2.66. The van der Waals surface area contributed by atoms with Crippen molar-refractivity contribution in [1.29, 1.82) is 0 Å². The molecule has 0 aliphatic rings. The number of aromatic nitrogens is 1. The minimum Gasteiger partial charge on any atom is -0.360 e. The number of nitrogens with zero attached hydrogens (tertiary/aromatic N) is 1. The van der Waals surface area contributed by atoms with Gasteiger partial charge in [-0.3, -0.25) is 9.59 Å². The van der Waals surface area contributed by atoms with E-state index in [2.05, 4.69) is 15.8 Å². The predicted molar refractivity (Wildman–Crippen MR) is 96.6 cm³/mol. The molecule has 2 amide bonds. The van der Waals surface area contributed by atoms with Crippen LogP contribution in [-0.2, 0) is 9.59 Å². The molecule has 0 bridgehead atoms. The summed E-state index contributed by atoms with van der Waals surface area (Å²) in [4.78, 5) is 24.0. The van der Waals surface area contributed by atoms with Crippen molar-refractivity contribution in [2.24, 2.45) is 0 Å². The molecule has 128 valence electrons. The summed E-state index contributed by atoms with van der Waals surface area (Å²) < 4.78 is 4.88. The van der Waals surface area contributed by atoms with Gasteiger partial charge in [0.05, 0.1) is 11.0 Å². The zero-order valence-corrected chi connectivity index (χ0v) is 15.1. The number of nitrogens with one attached hydrogen (secondary N) is 2. The first kappa shape index (κ1) is 18.4. The highest BCUT2D eigenvalue weighted by Gasteiger charge is 2.17. The average Bonchev–Trinajstić information content (AvgIpc) is 2.93. The van der Waals surface area contributed by atoms with Crippen molar-refractivity contribution >= 4 is 46.7 Å². The van der Waals surface area contributed by atoms with Crippen LogP contribution in [0.1, 0.15) is 18.2 Å². The summed E-state index contributed by atoms with van der Waals surface area (Å²) in [6, 6.07) is 6.94. The maximum Gasteiger partial charge on any atom is 0.238 e. The molecule has 1 aromatic carbocycles. The summed E-state index contributed by atoms with van der Waals surface area (Å²) in [5, 5.41) is 9.27. The van der Waals surface area contributed by atoms with Crippen LogP contribution >= 0.6 is 23.4 Å². The molecule has 1 unspecified atom stereocenters. The number of halogens is 1. The molecular formula is C16H18ClN3O3S. The standard InChI is InChI=1S/C16H18ClN3O3S/c1-9-4-5-12(7-13(9)17)18-15(21)8-24-11(3)16(22)19-14-6-10(2)23-20-14/h4-7,11H,8H2,1-3H3,(H,18,21)(H,19,20,22). The number of amides is 2. The third-order valence-electron chi connectivity index (χ3n) is 3.17. The second-order valence-electron chi connectivity index (χ2n) is 5.28. The summed E-state index contributed by atoms with van der Waals surface area (Å²) in [6.45, 7) is 5.35. The Morgan fingerprint density at radius 3 is 2.67 bits per heavy atom. The minimum absolute atomic E-state index is 0.151. The normalized spacial score (nSPS) is 11.8. The highest BCUT2D eigenvalue weighted by atomic mass is 35.5. The Morgan fingerprint density at radius 2 is 2.04 bits per heavy atom. The van der Waals surface area contributed by atoms with Crippen LogP contribution in [-0.4, -0.2) is 28.0 Å². The molecule has 0 fully saturated rings. The first-order chi connectivity index (χ1) is 11.3. The number of rotatable bonds is 6. The van der Waals surface area contributed by atoms with E-state index in [4.69, 9.17) is 16.1 Å². The van der Waals surface area contributed by atoms with E-state index < -0.39 is 5.25 Å². The van der Waals surface area contributed by atoms with Gasteiger partial charge in [0, 0.05) is 16.8 Å². The van der Waals surface area contributed by atoms with Crippen molar-refractivity contribution < 1.29 is 14.1 Å². The Bertz CT molecular complexity index is 748. The molecule has 0 aliphatic heterocycles. The molecule has 1 heterocycles. The molecule has 1 aromatic heterocycles. The zero-order chi connectivity index (χ0) is 17.7. The number of thioether (sulfide) groups is 1. The molecule has 0 saturated carbocycles. The van der Waals surface area contributed by atoms with Gasteiger partial charge in [-0.1, -0.05) is 22.8 Å². The van der Waals surface area contributed by atoms with Crippen LogP contribution in [0.2, 0.25) is 5.02 Å². The van der Waals surface area contributed by atoms with Crippen LogP contribution in [0.25, 0.3) is 0 Å². The Morgan fingerprint density at radius 1 is 1.29 bits per heavy atom.